The molecule has 6 heteroatoms. The number of fused-ring (bicyclic) bond motifs is 1. The van der Waals surface area contributed by atoms with Gasteiger partial charge in [-0.2, -0.15) is 0 Å². The van der Waals surface area contributed by atoms with E-state index in [1.54, 1.807) is 31.4 Å². The predicted octanol–water partition coefficient (Wildman–Crippen LogP) is 4.66. The quantitative estimate of drug-likeness (QED) is 0.600. The summed E-state index contributed by atoms with van der Waals surface area (Å²) < 4.78 is 16.1. The molecule has 0 spiro atoms. The molecule has 0 saturated carbocycles. The number of benzene rings is 3. The number of carbonyl (C=O) groups excluding carboxylic acids is 1. The van der Waals surface area contributed by atoms with E-state index in [2.05, 4.69) is 5.32 Å². The first-order chi connectivity index (χ1) is 14.6. The number of halogens is 1. The standard InChI is InChI=1S/C24H22ClNO4/c1-28-21-8-5-16(6-9-21)11-20(26-24(27)18-3-2-4-19(25)14-18)12-17-7-10-22-23(13-17)30-15-29-22/h2-10,13-14,20H,11-12,15H2,1H3,(H,26,27)/t20-/m1/s1. The maximum atomic E-state index is 12.8. The first kappa shape index (κ1) is 20.1. The number of ether oxygens (including phenoxy) is 3. The molecule has 154 valence electrons. The molecular weight excluding hydrogens is 402 g/mol. The van der Waals surface area contributed by atoms with Crippen LogP contribution in [0, 0.1) is 0 Å². The summed E-state index contributed by atoms with van der Waals surface area (Å²) in [4.78, 5) is 12.8. The van der Waals surface area contributed by atoms with Crippen molar-refractivity contribution < 1.29 is 19.0 Å². The molecule has 3 aromatic rings. The van der Waals surface area contributed by atoms with Gasteiger partial charge in [0.05, 0.1) is 7.11 Å². The molecular formula is C24H22ClNO4. The zero-order chi connectivity index (χ0) is 20.9. The van der Waals surface area contributed by atoms with Crippen molar-refractivity contribution in [1.29, 1.82) is 0 Å². The van der Waals surface area contributed by atoms with Crippen LogP contribution in [0.4, 0.5) is 0 Å². The molecule has 0 bridgehead atoms. The fourth-order valence-electron chi connectivity index (χ4n) is 3.47. The molecule has 0 unspecified atom stereocenters. The Bertz CT molecular complexity index is 1040. The number of amides is 1. The minimum absolute atomic E-state index is 0.120. The first-order valence-electron chi connectivity index (χ1n) is 9.68. The van der Waals surface area contributed by atoms with Crippen LogP contribution in [0.15, 0.2) is 66.7 Å². The summed E-state index contributed by atoms with van der Waals surface area (Å²) in [6, 6.07) is 20.6. The fraction of sp³-hybridized carbons (Fsp3) is 0.208. The Morgan fingerprint density at radius 3 is 2.50 bits per heavy atom. The number of hydrogen-bond donors (Lipinski definition) is 1. The van der Waals surface area contributed by atoms with Crippen LogP contribution in [0.25, 0.3) is 0 Å². The number of carbonyl (C=O) groups is 1. The second-order valence-electron chi connectivity index (χ2n) is 7.12. The van der Waals surface area contributed by atoms with Gasteiger partial charge < -0.3 is 19.5 Å². The van der Waals surface area contributed by atoms with Gasteiger partial charge in [0, 0.05) is 16.6 Å². The van der Waals surface area contributed by atoms with Gasteiger partial charge in [-0.1, -0.05) is 35.9 Å². The van der Waals surface area contributed by atoms with Gasteiger partial charge in [-0.15, -0.1) is 0 Å². The minimum atomic E-state index is -0.156. The first-order valence-corrected chi connectivity index (χ1v) is 10.1. The lowest BCUT2D eigenvalue weighted by Crippen LogP contribution is -2.38. The van der Waals surface area contributed by atoms with E-state index in [-0.39, 0.29) is 18.7 Å². The SMILES string of the molecule is COc1ccc(C[C@H](Cc2ccc3c(c2)OCO3)NC(=O)c2cccc(Cl)c2)cc1. The maximum Gasteiger partial charge on any atom is 0.251 e. The van der Waals surface area contributed by atoms with Crippen molar-refractivity contribution in [2.75, 3.05) is 13.9 Å². The smallest absolute Gasteiger partial charge is 0.251 e. The zero-order valence-electron chi connectivity index (χ0n) is 16.6. The van der Waals surface area contributed by atoms with Gasteiger partial charge in [0.2, 0.25) is 6.79 Å². The van der Waals surface area contributed by atoms with Crippen molar-refractivity contribution in [2.45, 2.75) is 18.9 Å². The Balaban J connectivity index is 1.54. The van der Waals surface area contributed by atoms with Crippen molar-refractivity contribution in [3.8, 4) is 17.2 Å². The van der Waals surface area contributed by atoms with Gasteiger partial charge in [0.15, 0.2) is 11.5 Å². The number of rotatable bonds is 7. The minimum Gasteiger partial charge on any atom is -0.497 e. The van der Waals surface area contributed by atoms with Crippen molar-refractivity contribution in [3.63, 3.8) is 0 Å². The van der Waals surface area contributed by atoms with Gasteiger partial charge in [-0.05, 0) is 66.4 Å². The molecule has 1 amide bonds. The summed E-state index contributed by atoms with van der Waals surface area (Å²) >= 11 is 6.05. The van der Waals surface area contributed by atoms with Gasteiger partial charge in [0.25, 0.3) is 5.91 Å². The van der Waals surface area contributed by atoms with E-state index in [0.29, 0.717) is 23.4 Å². The summed E-state index contributed by atoms with van der Waals surface area (Å²) in [5.74, 6) is 2.12. The highest BCUT2D eigenvalue weighted by Crippen LogP contribution is 2.33. The van der Waals surface area contributed by atoms with E-state index in [4.69, 9.17) is 25.8 Å². The molecule has 1 atom stereocenters. The van der Waals surface area contributed by atoms with E-state index < -0.39 is 0 Å². The third-order valence-electron chi connectivity index (χ3n) is 4.98. The molecule has 0 aromatic heterocycles. The Morgan fingerprint density at radius 2 is 1.73 bits per heavy atom. The molecule has 3 aromatic carbocycles. The van der Waals surface area contributed by atoms with Gasteiger partial charge in [-0.3, -0.25) is 4.79 Å². The summed E-state index contributed by atoms with van der Waals surface area (Å²) in [5, 5.41) is 3.69. The maximum absolute atomic E-state index is 12.8. The number of methoxy groups -OCH3 is 1. The molecule has 1 aliphatic heterocycles. The summed E-state index contributed by atoms with van der Waals surface area (Å²) in [6.07, 6.45) is 1.32. The summed E-state index contributed by atoms with van der Waals surface area (Å²) in [6.45, 7) is 0.236. The van der Waals surface area contributed by atoms with Gasteiger partial charge >= 0.3 is 0 Å². The highest BCUT2D eigenvalue weighted by molar-refractivity contribution is 6.30. The van der Waals surface area contributed by atoms with Crippen LogP contribution in [-0.4, -0.2) is 25.9 Å². The Morgan fingerprint density at radius 1 is 1.00 bits per heavy atom. The third kappa shape index (κ3) is 4.86. The molecule has 4 rings (SSSR count). The lowest BCUT2D eigenvalue weighted by molar-refractivity contribution is 0.0936. The molecule has 1 heterocycles. The van der Waals surface area contributed by atoms with E-state index in [1.165, 1.54) is 0 Å². The van der Waals surface area contributed by atoms with Gasteiger partial charge in [-0.25, -0.2) is 0 Å². The lowest BCUT2D eigenvalue weighted by atomic mass is 9.98. The van der Waals surface area contributed by atoms with E-state index in [1.807, 2.05) is 42.5 Å². The average molecular weight is 424 g/mol. The molecule has 0 radical (unpaired) electrons. The Kier molecular flexibility index (Phi) is 6.10. The van der Waals surface area contributed by atoms with Crippen LogP contribution in [-0.2, 0) is 12.8 Å². The van der Waals surface area contributed by atoms with Crippen LogP contribution >= 0.6 is 11.6 Å². The number of hydrogen-bond acceptors (Lipinski definition) is 4. The number of nitrogens with one attached hydrogen (secondary N) is 1. The van der Waals surface area contributed by atoms with Crippen LogP contribution in [0.1, 0.15) is 21.5 Å². The molecule has 0 aliphatic carbocycles. The van der Waals surface area contributed by atoms with Gasteiger partial charge in [0.1, 0.15) is 5.75 Å². The van der Waals surface area contributed by atoms with Crippen LogP contribution in [0.2, 0.25) is 5.02 Å². The topological polar surface area (TPSA) is 56.8 Å². The van der Waals surface area contributed by atoms with Crippen molar-refractivity contribution in [2.24, 2.45) is 0 Å². The molecule has 5 nitrogen and oxygen atoms in total. The second kappa shape index (κ2) is 9.09. The van der Waals surface area contributed by atoms with E-state index in [0.717, 1.165) is 28.4 Å². The van der Waals surface area contributed by atoms with Crippen LogP contribution in [0.3, 0.4) is 0 Å². The van der Waals surface area contributed by atoms with E-state index in [9.17, 15) is 4.79 Å². The van der Waals surface area contributed by atoms with Crippen LogP contribution < -0.4 is 19.5 Å². The molecule has 30 heavy (non-hydrogen) atoms. The normalized spacial score (nSPS) is 13.0. The largest absolute Gasteiger partial charge is 0.497 e. The van der Waals surface area contributed by atoms with Crippen LogP contribution in [0.5, 0.6) is 17.2 Å². The monoisotopic (exact) mass is 423 g/mol. The highest BCUT2D eigenvalue weighted by Gasteiger charge is 2.18. The fourth-order valence-corrected chi connectivity index (χ4v) is 3.66. The third-order valence-corrected chi connectivity index (χ3v) is 5.22. The summed E-state index contributed by atoms with van der Waals surface area (Å²) in [7, 11) is 1.64. The van der Waals surface area contributed by atoms with E-state index >= 15 is 0 Å². The van der Waals surface area contributed by atoms with Crippen molar-refractivity contribution in [1.82, 2.24) is 5.32 Å². The summed E-state index contributed by atoms with van der Waals surface area (Å²) in [5.41, 5.74) is 2.70. The van der Waals surface area contributed by atoms with Crippen molar-refractivity contribution in [3.05, 3.63) is 88.4 Å². The lowest BCUT2D eigenvalue weighted by Gasteiger charge is -2.20. The molecule has 1 N–H and O–H groups in total. The Labute approximate surface area is 180 Å². The highest BCUT2D eigenvalue weighted by atomic mass is 35.5. The second-order valence-corrected chi connectivity index (χ2v) is 7.56. The predicted molar refractivity (Wildman–Crippen MR) is 116 cm³/mol. The Hall–Kier alpha value is -3.18. The van der Waals surface area contributed by atoms with Crippen molar-refractivity contribution >= 4 is 17.5 Å². The molecule has 0 fully saturated rings. The zero-order valence-corrected chi connectivity index (χ0v) is 17.3. The average Bonchev–Trinajstić information content (AvgIpc) is 3.22. The molecule has 0 saturated heterocycles. The molecule has 1 aliphatic rings.